The van der Waals surface area contributed by atoms with Gasteiger partial charge in [0.2, 0.25) is 11.9 Å². The molecule has 68 heavy (non-hydrogen) atoms. The van der Waals surface area contributed by atoms with Crippen LogP contribution in [0.3, 0.4) is 0 Å². The van der Waals surface area contributed by atoms with Crippen LogP contribution in [-0.2, 0) is 21.9 Å². The number of fused-ring (bicyclic) bond motifs is 2. The average molecular weight is 937 g/mol. The minimum Gasteiger partial charge on any atom is -0.505 e. The Balaban J connectivity index is 0.000000193. The van der Waals surface area contributed by atoms with Crippen molar-refractivity contribution in [2.45, 2.75) is 38.3 Å². The number of nitrogens with zero attached hydrogens (tertiary/aromatic N) is 6. The van der Waals surface area contributed by atoms with E-state index in [4.69, 9.17) is 10.2 Å². The van der Waals surface area contributed by atoms with Crippen molar-refractivity contribution in [1.29, 1.82) is 0 Å². The van der Waals surface area contributed by atoms with Crippen LogP contribution in [0, 0.1) is 13.8 Å². The number of carbonyl (C=O) groups is 2. The maximum absolute atomic E-state index is 13.0. The lowest BCUT2D eigenvalue weighted by Gasteiger charge is -2.22. The first-order valence-corrected chi connectivity index (χ1v) is 20.0. The van der Waals surface area contributed by atoms with Crippen molar-refractivity contribution in [2.24, 2.45) is 0 Å². The van der Waals surface area contributed by atoms with Crippen molar-refractivity contribution in [2.75, 3.05) is 10.6 Å². The van der Waals surface area contributed by atoms with Crippen LogP contribution in [0.4, 0.5) is 38.2 Å². The number of carboxylic acids is 2. The van der Waals surface area contributed by atoms with Crippen molar-refractivity contribution in [1.82, 2.24) is 29.9 Å². The zero-order chi connectivity index (χ0) is 49.2. The van der Waals surface area contributed by atoms with Gasteiger partial charge in [-0.25, -0.2) is 29.5 Å². The molecule has 4 aromatic heterocycles. The number of phenols is 2. The largest absolute Gasteiger partial charge is 0.505 e. The molecule has 4 heterocycles. The third-order valence-electron chi connectivity index (χ3n) is 9.83. The standard InChI is InChI=1S/2C22H17F3N4O.C4H4O4/c2*1-13-10-12-27-21(28-13)29-18(15-4-7-16(8-5-15)22(23,24)25)17-9-6-14-3-2-11-26-19(14)20(17)30;5-3(6)1-2-4(7)8/h2*2-12,18,30H,1H3,(H,27,28,29);1-2H,(H,5,6)(H,7,8)/b;;2-1+/t2*18-;/m10./s1. The molecule has 6 N–H and O–H groups in total. The van der Waals surface area contributed by atoms with Crippen molar-refractivity contribution in [3.63, 3.8) is 0 Å². The lowest BCUT2D eigenvalue weighted by molar-refractivity contribution is -0.138. The van der Waals surface area contributed by atoms with E-state index in [1.807, 2.05) is 12.1 Å². The number of pyridine rings is 2. The predicted molar refractivity (Wildman–Crippen MR) is 239 cm³/mol. The Labute approximate surface area is 382 Å². The lowest BCUT2D eigenvalue weighted by Crippen LogP contribution is -2.15. The molecular formula is C48H38F6N8O6. The fourth-order valence-electron chi connectivity index (χ4n) is 6.60. The number of alkyl halides is 6. The van der Waals surface area contributed by atoms with Crippen LogP contribution in [0.5, 0.6) is 11.5 Å². The third-order valence-corrected chi connectivity index (χ3v) is 9.83. The fraction of sp³-hybridized carbons (Fsp3) is 0.125. The Morgan fingerprint density at radius 3 is 1.21 bits per heavy atom. The van der Waals surface area contributed by atoms with Crippen LogP contribution in [0.15, 0.2) is 146 Å². The molecule has 0 aliphatic carbocycles. The monoisotopic (exact) mass is 936 g/mol. The second-order valence-electron chi connectivity index (χ2n) is 14.6. The van der Waals surface area contributed by atoms with Crippen molar-refractivity contribution >= 4 is 45.6 Å². The van der Waals surface area contributed by atoms with Gasteiger partial charge in [0.05, 0.1) is 23.2 Å². The summed E-state index contributed by atoms with van der Waals surface area (Å²) in [6.07, 6.45) is -1.46. The number of hydrogen-bond donors (Lipinski definition) is 6. The molecule has 0 aliphatic rings. The second kappa shape index (κ2) is 21.1. The summed E-state index contributed by atoms with van der Waals surface area (Å²) in [6, 6.07) is 25.8. The average Bonchev–Trinajstić information content (AvgIpc) is 3.30. The summed E-state index contributed by atoms with van der Waals surface area (Å²) in [6.45, 7) is 3.61. The van der Waals surface area contributed by atoms with Gasteiger partial charge < -0.3 is 31.1 Å². The predicted octanol–water partition coefficient (Wildman–Crippen LogP) is 10.2. The molecule has 0 bridgehead atoms. The molecule has 20 heteroatoms. The van der Waals surface area contributed by atoms with Crippen LogP contribution >= 0.6 is 0 Å². The minimum atomic E-state index is -4.43. The molecule has 8 rings (SSSR count). The van der Waals surface area contributed by atoms with E-state index >= 15 is 0 Å². The maximum Gasteiger partial charge on any atom is 0.416 e. The van der Waals surface area contributed by atoms with E-state index in [1.165, 1.54) is 24.3 Å². The molecule has 0 fully saturated rings. The Kier molecular flexibility index (Phi) is 15.1. The summed E-state index contributed by atoms with van der Waals surface area (Å²) >= 11 is 0. The molecule has 348 valence electrons. The van der Waals surface area contributed by atoms with Gasteiger partial charge in [-0.1, -0.05) is 60.7 Å². The fourth-order valence-corrected chi connectivity index (χ4v) is 6.60. The van der Waals surface area contributed by atoms with Gasteiger partial charge in [-0.2, -0.15) is 26.3 Å². The highest BCUT2D eigenvalue weighted by Crippen LogP contribution is 2.39. The van der Waals surface area contributed by atoms with E-state index in [0.717, 1.165) is 46.4 Å². The van der Waals surface area contributed by atoms with Crippen molar-refractivity contribution < 1.29 is 56.4 Å². The van der Waals surface area contributed by atoms with Gasteiger partial charge >= 0.3 is 24.3 Å². The smallest absolute Gasteiger partial charge is 0.416 e. The highest BCUT2D eigenvalue weighted by Gasteiger charge is 2.32. The van der Waals surface area contributed by atoms with Crippen LogP contribution < -0.4 is 10.6 Å². The number of benzene rings is 4. The summed E-state index contributed by atoms with van der Waals surface area (Å²) < 4.78 is 77.9. The van der Waals surface area contributed by atoms with Crippen LogP contribution in [0.25, 0.3) is 21.8 Å². The topological polar surface area (TPSA) is 216 Å². The number of aromatic nitrogens is 6. The molecule has 0 spiro atoms. The summed E-state index contributed by atoms with van der Waals surface area (Å²) in [5.74, 6) is -2.04. The van der Waals surface area contributed by atoms with Gasteiger partial charge in [-0.15, -0.1) is 0 Å². The minimum absolute atomic E-state index is 0.0573. The lowest BCUT2D eigenvalue weighted by atomic mass is 9.95. The van der Waals surface area contributed by atoms with E-state index in [0.29, 0.717) is 57.3 Å². The molecule has 0 amide bonds. The number of aromatic hydroxyl groups is 2. The number of aliphatic carboxylic acids is 2. The zero-order valence-electron chi connectivity index (χ0n) is 35.6. The highest BCUT2D eigenvalue weighted by atomic mass is 19.4. The summed E-state index contributed by atoms with van der Waals surface area (Å²) in [5.41, 5.74) is 2.68. The van der Waals surface area contributed by atoms with Crippen LogP contribution in [-0.4, -0.2) is 62.3 Å². The van der Waals surface area contributed by atoms with Gasteiger partial charge in [0.15, 0.2) is 0 Å². The number of halogens is 6. The van der Waals surface area contributed by atoms with Gasteiger partial charge in [0.1, 0.15) is 22.5 Å². The maximum atomic E-state index is 13.0. The quantitative estimate of drug-likeness (QED) is 0.0556. The SMILES string of the molecule is Cc1ccnc(N[C@@H](c2ccc(C(F)(F)F)cc2)c2ccc3cccnc3c2O)n1.Cc1ccnc(N[C@H](c2ccc(C(F)(F)F)cc2)c2ccc3cccnc3c2O)n1.O=C(O)/C=C/C(=O)O. The second-order valence-corrected chi connectivity index (χ2v) is 14.6. The number of hydrogen-bond acceptors (Lipinski definition) is 12. The first-order chi connectivity index (χ1) is 32.3. The first kappa shape index (κ1) is 48.8. The molecule has 14 nitrogen and oxygen atoms in total. The van der Waals surface area contributed by atoms with E-state index in [2.05, 4.69) is 40.5 Å². The summed E-state index contributed by atoms with van der Waals surface area (Å²) in [7, 11) is 0. The van der Waals surface area contributed by atoms with Crippen LogP contribution in [0.2, 0.25) is 0 Å². The summed E-state index contributed by atoms with van der Waals surface area (Å²) in [4.78, 5) is 44.5. The summed E-state index contributed by atoms with van der Waals surface area (Å²) in [5, 5.41) is 45.1. The van der Waals surface area contributed by atoms with E-state index in [9.17, 15) is 46.1 Å². The van der Waals surface area contributed by atoms with Gasteiger partial charge in [0, 0.05) is 70.2 Å². The number of phenolic OH excluding ortho intramolecular Hbond substituents is 2. The highest BCUT2D eigenvalue weighted by molar-refractivity contribution is 5.90. The number of carboxylic acid groups (broad SMARTS) is 2. The molecule has 2 atom stereocenters. The molecule has 0 saturated heterocycles. The Morgan fingerprint density at radius 2 is 0.882 bits per heavy atom. The first-order valence-electron chi connectivity index (χ1n) is 20.0. The molecular weight excluding hydrogens is 899 g/mol. The van der Waals surface area contributed by atoms with Crippen LogP contribution in [0.1, 0.15) is 56.9 Å². The zero-order valence-corrected chi connectivity index (χ0v) is 35.6. The number of anilines is 2. The normalized spacial score (nSPS) is 12.3. The Morgan fingerprint density at radius 1 is 0.515 bits per heavy atom. The Bertz CT molecular complexity index is 2880. The van der Waals surface area contributed by atoms with Crippen molar-refractivity contribution in [3.05, 3.63) is 191 Å². The van der Waals surface area contributed by atoms with E-state index in [-0.39, 0.29) is 11.5 Å². The number of rotatable bonds is 10. The molecule has 0 unspecified atom stereocenters. The van der Waals surface area contributed by atoms with E-state index in [1.54, 1.807) is 87.2 Å². The number of aryl methyl sites for hydroxylation is 2. The van der Waals surface area contributed by atoms with Crippen molar-refractivity contribution in [3.8, 4) is 11.5 Å². The molecule has 0 radical (unpaired) electrons. The van der Waals surface area contributed by atoms with E-state index < -0.39 is 47.5 Å². The van der Waals surface area contributed by atoms with Gasteiger partial charge in [-0.05, 0) is 73.5 Å². The van der Waals surface area contributed by atoms with Gasteiger partial charge in [0.25, 0.3) is 0 Å². The molecule has 0 saturated carbocycles. The number of nitrogens with one attached hydrogen (secondary N) is 2. The molecule has 8 aromatic rings. The Hall–Kier alpha value is -8.68. The molecule has 0 aliphatic heterocycles. The molecule has 4 aromatic carbocycles. The third kappa shape index (κ3) is 12.6. The van der Waals surface area contributed by atoms with Gasteiger partial charge in [-0.3, -0.25) is 9.97 Å².